The van der Waals surface area contributed by atoms with E-state index in [0.29, 0.717) is 6.42 Å². The summed E-state index contributed by atoms with van der Waals surface area (Å²) in [6.45, 7) is 7.98. The van der Waals surface area contributed by atoms with Crippen LogP contribution < -0.4 is 10.4 Å². The van der Waals surface area contributed by atoms with E-state index in [0.717, 1.165) is 15.9 Å². The SMILES string of the molecule is C/C=C(\C)[C@](CC)(O[Si](C)(c1ccccc1)c1ccccc1)C(=O)OC. The molecule has 0 aliphatic carbocycles. The maximum atomic E-state index is 12.8. The molecule has 0 unspecified atom stereocenters. The van der Waals surface area contributed by atoms with Crippen LogP contribution in [0.25, 0.3) is 0 Å². The quantitative estimate of drug-likeness (QED) is 0.425. The molecule has 3 nitrogen and oxygen atoms in total. The lowest BCUT2D eigenvalue weighted by Crippen LogP contribution is -2.64. The Kier molecular flexibility index (Phi) is 6.56. The minimum atomic E-state index is -2.66. The third kappa shape index (κ3) is 3.66. The standard InChI is InChI=1S/C22H28O3Si/c1-6-18(3)22(7-2,21(23)24-4)25-26(5,19-14-10-8-11-15-19)20-16-12-9-13-17-20/h6,8-17H,7H2,1-5H3/b18-6+/t22-/m0/s1. The largest absolute Gasteiger partial charge is 0.467 e. The topological polar surface area (TPSA) is 35.5 Å². The third-order valence-corrected chi connectivity index (χ3v) is 8.74. The molecule has 2 aromatic rings. The number of rotatable bonds is 7. The first kappa shape index (κ1) is 20.1. The lowest BCUT2D eigenvalue weighted by atomic mass is 9.92. The summed E-state index contributed by atoms with van der Waals surface area (Å²) in [7, 11) is -1.24. The highest BCUT2D eigenvalue weighted by Crippen LogP contribution is 2.31. The molecule has 0 N–H and O–H groups in total. The third-order valence-electron chi connectivity index (χ3n) is 5.11. The smallest absolute Gasteiger partial charge is 0.341 e. The van der Waals surface area contributed by atoms with Gasteiger partial charge in [0.05, 0.1) is 7.11 Å². The Bertz CT molecular complexity index is 716. The second-order valence-corrected chi connectivity index (χ2v) is 9.94. The Morgan fingerprint density at radius 3 is 1.85 bits per heavy atom. The van der Waals surface area contributed by atoms with Crippen LogP contribution in [0.15, 0.2) is 72.3 Å². The first-order chi connectivity index (χ1) is 12.4. The summed E-state index contributed by atoms with van der Waals surface area (Å²) in [5, 5.41) is 2.24. The van der Waals surface area contributed by atoms with Crippen LogP contribution in [0.4, 0.5) is 0 Å². The van der Waals surface area contributed by atoms with Crippen LogP contribution in [0.5, 0.6) is 0 Å². The van der Waals surface area contributed by atoms with Gasteiger partial charge in [0, 0.05) is 0 Å². The van der Waals surface area contributed by atoms with Crippen LogP contribution >= 0.6 is 0 Å². The highest BCUT2D eigenvalue weighted by atomic mass is 28.4. The van der Waals surface area contributed by atoms with Crippen LogP contribution in [0.1, 0.15) is 27.2 Å². The summed E-state index contributed by atoms with van der Waals surface area (Å²) in [5.74, 6) is -0.346. The normalized spacial score (nSPS) is 14.6. The average molecular weight is 369 g/mol. The summed E-state index contributed by atoms with van der Waals surface area (Å²) in [5.41, 5.74) is -0.215. The number of carbonyl (C=O) groups excluding carboxylic acids is 1. The lowest BCUT2D eigenvalue weighted by Gasteiger charge is -2.40. The number of esters is 1. The molecule has 0 heterocycles. The van der Waals surface area contributed by atoms with Crippen LogP contribution in [-0.2, 0) is 14.0 Å². The summed E-state index contributed by atoms with van der Waals surface area (Å²) >= 11 is 0. The van der Waals surface area contributed by atoms with Gasteiger partial charge >= 0.3 is 5.97 Å². The van der Waals surface area contributed by atoms with Crippen molar-refractivity contribution in [2.75, 3.05) is 7.11 Å². The molecule has 0 saturated heterocycles. The maximum Gasteiger partial charge on any atom is 0.341 e. The first-order valence-electron chi connectivity index (χ1n) is 8.97. The van der Waals surface area contributed by atoms with Gasteiger partial charge in [-0.2, -0.15) is 0 Å². The van der Waals surface area contributed by atoms with Crippen molar-refractivity contribution in [3.8, 4) is 0 Å². The predicted octanol–water partition coefficient (Wildman–Crippen LogP) is 3.68. The lowest BCUT2D eigenvalue weighted by molar-refractivity contribution is -0.156. The first-order valence-corrected chi connectivity index (χ1v) is 11.4. The van der Waals surface area contributed by atoms with Crippen LogP contribution in [0.3, 0.4) is 0 Å². The minimum absolute atomic E-state index is 0.346. The van der Waals surface area contributed by atoms with Crippen LogP contribution in [0, 0.1) is 0 Å². The van der Waals surface area contributed by atoms with Gasteiger partial charge in [0.15, 0.2) is 5.60 Å². The van der Waals surface area contributed by atoms with Gasteiger partial charge in [-0.1, -0.05) is 73.7 Å². The van der Waals surface area contributed by atoms with Gasteiger partial charge in [0.1, 0.15) is 0 Å². The molecule has 0 aliphatic heterocycles. The van der Waals surface area contributed by atoms with E-state index in [4.69, 9.17) is 9.16 Å². The van der Waals surface area contributed by atoms with E-state index in [1.807, 2.05) is 63.2 Å². The Balaban J connectivity index is 2.68. The highest BCUT2D eigenvalue weighted by Gasteiger charge is 2.48. The van der Waals surface area contributed by atoms with Crippen molar-refractivity contribution in [1.29, 1.82) is 0 Å². The van der Waals surface area contributed by atoms with Gasteiger partial charge in [-0.15, -0.1) is 0 Å². The van der Waals surface area contributed by atoms with E-state index in [-0.39, 0.29) is 5.97 Å². The highest BCUT2D eigenvalue weighted by molar-refractivity contribution is 6.96. The van der Waals surface area contributed by atoms with E-state index in [1.54, 1.807) is 0 Å². The second-order valence-electron chi connectivity index (χ2n) is 6.51. The Labute approximate surface area is 157 Å². The molecule has 0 spiro atoms. The molecule has 0 aliphatic rings. The Morgan fingerprint density at radius 1 is 1.04 bits per heavy atom. The molecule has 1 atom stereocenters. The Hall–Kier alpha value is -2.17. The molecule has 0 radical (unpaired) electrons. The van der Waals surface area contributed by atoms with Crippen molar-refractivity contribution in [1.82, 2.24) is 0 Å². The average Bonchev–Trinajstić information content (AvgIpc) is 2.72. The zero-order chi connectivity index (χ0) is 19.2. The van der Waals surface area contributed by atoms with Crippen LogP contribution in [0.2, 0.25) is 6.55 Å². The number of allylic oxidation sites excluding steroid dienone is 1. The van der Waals surface area contributed by atoms with Gasteiger partial charge in [-0.05, 0) is 42.8 Å². The van der Waals surface area contributed by atoms with Crippen molar-refractivity contribution >= 4 is 24.7 Å². The summed E-state index contributed by atoms with van der Waals surface area (Å²) < 4.78 is 12.0. The number of benzene rings is 2. The molecule has 2 rings (SSSR count). The number of hydrogen-bond donors (Lipinski definition) is 0. The molecular formula is C22H28O3Si. The fourth-order valence-corrected chi connectivity index (χ4v) is 6.63. The monoisotopic (exact) mass is 368 g/mol. The van der Waals surface area contributed by atoms with Crippen molar-refractivity contribution in [3.63, 3.8) is 0 Å². The molecule has 26 heavy (non-hydrogen) atoms. The fourth-order valence-electron chi connectivity index (χ4n) is 3.32. The molecule has 138 valence electrons. The zero-order valence-corrected chi connectivity index (χ0v) is 17.3. The second kappa shape index (κ2) is 8.47. The predicted molar refractivity (Wildman–Crippen MR) is 109 cm³/mol. The van der Waals surface area contributed by atoms with E-state index < -0.39 is 13.9 Å². The zero-order valence-electron chi connectivity index (χ0n) is 16.3. The van der Waals surface area contributed by atoms with Crippen LogP contribution in [-0.4, -0.2) is 27.0 Å². The van der Waals surface area contributed by atoms with Crippen molar-refractivity contribution in [3.05, 3.63) is 72.3 Å². The van der Waals surface area contributed by atoms with Gasteiger partial charge < -0.3 is 9.16 Å². The fraction of sp³-hybridized carbons (Fsp3) is 0.318. The summed E-state index contributed by atoms with van der Waals surface area (Å²) in [6, 6.07) is 20.4. The summed E-state index contributed by atoms with van der Waals surface area (Å²) in [4.78, 5) is 12.8. The molecule has 4 heteroatoms. The molecule has 0 fully saturated rings. The molecule has 0 aromatic heterocycles. The molecular weight excluding hydrogens is 340 g/mol. The van der Waals surface area contributed by atoms with E-state index >= 15 is 0 Å². The van der Waals surface area contributed by atoms with E-state index in [9.17, 15) is 4.79 Å². The number of hydrogen-bond acceptors (Lipinski definition) is 3. The summed E-state index contributed by atoms with van der Waals surface area (Å²) in [6.07, 6.45) is 2.45. The van der Waals surface area contributed by atoms with Crippen molar-refractivity contribution in [2.24, 2.45) is 0 Å². The van der Waals surface area contributed by atoms with E-state index in [1.165, 1.54) is 7.11 Å². The molecule has 0 amide bonds. The molecule has 0 bridgehead atoms. The van der Waals surface area contributed by atoms with Gasteiger partial charge in [-0.25, -0.2) is 4.79 Å². The van der Waals surface area contributed by atoms with Gasteiger partial charge in [0.25, 0.3) is 8.32 Å². The number of carbonyl (C=O) groups is 1. The molecule has 2 aromatic carbocycles. The van der Waals surface area contributed by atoms with Gasteiger partial charge in [-0.3, -0.25) is 0 Å². The number of methoxy groups -OCH3 is 1. The maximum absolute atomic E-state index is 12.8. The minimum Gasteiger partial charge on any atom is -0.467 e. The van der Waals surface area contributed by atoms with Gasteiger partial charge in [0.2, 0.25) is 0 Å². The number of ether oxygens (including phenoxy) is 1. The van der Waals surface area contributed by atoms with E-state index in [2.05, 4.69) is 30.8 Å². The molecule has 0 saturated carbocycles. The van der Waals surface area contributed by atoms with Crippen molar-refractivity contribution < 1.29 is 14.0 Å². The Morgan fingerprint density at radius 2 is 1.50 bits per heavy atom. The van der Waals surface area contributed by atoms with Crippen molar-refractivity contribution in [2.45, 2.75) is 39.3 Å².